The average molecular weight is 285 g/mol. The highest BCUT2D eigenvalue weighted by atomic mass is 79.9. The van der Waals surface area contributed by atoms with E-state index in [9.17, 15) is 5.11 Å². The SMILES string of the molecule is Cc1cc(OCC2(CO)CC2)cc(C)c1Br. The monoisotopic (exact) mass is 284 g/mol. The van der Waals surface area contributed by atoms with Gasteiger partial charge in [-0.25, -0.2) is 0 Å². The summed E-state index contributed by atoms with van der Waals surface area (Å²) in [5.41, 5.74) is 2.42. The van der Waals surface area contributed by atoms with Gasteiger partial charge in [-0.3, -0.25) is 0 Å². The number of benzene rings is 1. The maximum absolute atomic E-state index is 9.20. The number of hydrogen-bond donors (Lipinski definition) is 1. The highest BCUT2D eigenvalue weighted by Gasteiger charge is 2.42. The van der Waals surface area contributed by atoms with Crippen LogP contribution in [0.3, 0.4) is 0 Å². The molecule has 0 spiro atoms. The van der Waals surface area contributed by atoms with Gasteiger partial charge < -0.3 is 9.84 Å². The number of aryl methyl sites for hydroxylation is 2. The van der Waals surface area contributed by atoms with Crippen LogP contribution >= 0.6 is 15.9 Å². The van der Waals surface area contributed by atoms with Gasteiger partial charge in [-0.15, -0.1) is 0 Å². The van der Waals surface area contributed by atoms with Crippen molar-refractivity contribution in [1.29, 1.82) is 0 Å². The summed E-state index contributed by atoms with van der Waals surface area (Å²) in [5, 5.41) is 9.20. The molecule has 1 aromatic rings. The zero-order valence-corrected chi connectivity index (χ0v) is 11.3. The molecule has 0 amide bonds. The third-order valence-electron chi connectivity index (χ3n) is 3.25. The predicted molar refractivity (Wildman–Crippen MR) is 67.9 cm³/mol. The Balaban J connectivity index is 2.05. The lowest BCUT2D eigenvalue weighted by Crippen LogP contribution is -2.17. The minimum atomic E-state index is 0.0505. The molecular formula is C13H17BrO2. The molecule has 0 aromatic heterocycles. The van der Waals surface area contributed by atoms with E-state index in [1.54, 1.807) is 0 Å². The van der Waals surface area contributed by atoms with Crippen molar-refractivity contribution in [1.82, 2.24) is 0 Å². The number of aliphatic hydroxyl groups is 1. The van der Waals surface area contributed by atoms with Crippen LogP contribution in [0.1, 0.15) is 24.0 Å². The summed E-state index contributed by atoms with van der Waals surface area (Å²) >= 11 is 3.53. The molecule has 0 unspecified atom stereocenters. The molecule has 88 valence electrons. The van der Waals surface area contributed by atoms with Crippen LogP contribution in [0.2, 0.25) is 0 Å². The van der Waals surface area contributed by atoms with Crippen molar-refractivity contribution in [3.05, 3.63) is 27.7 Å². The topological polar surface area (TPSA) is 29.5 Å². The summed E-state index contributed by atoms with van der Waals surface area (Å²) in [6, 6.07) is 4.06. The van der Waals surface area contributed by atoms with E-state index in [1.807, 2.05) is 12.1 Å². The molecule has 0 aliphatic heterocycles. The first-order chi connectivity index (χ1) is 7.56. The Bertz CT molecular complexity index is 374. The lowest BCUT2D eigenvalue weighted by atomic mass is 10.1. The molecular weight excluding hydrogens is 268 g/mol. The van der Waals surface area contributed by atoms with Crippen LogP contribution in [0.15, 0.2) is 16.6 Å². The molecule has 0 bridgehead atoms. The van der Waals surface area contributed by atoms with Crippen LogP contribution in [0, 0.1) is 19.3 Å². The van der Waals surface area contributed by atoms with Gasteiger partial charge in [0.15, 0.2) is 0 Å². The Morgan fingerprint density at radius 1 is 1.31 bits per heavy atom. The predicted octanol–water partition coefficient (Wildman–Crippen LogP) is 3.22. The van der Waals surface area contributed by atoms with E-state index >= 15 is 0 Å². The van der Waals surface area contributed by atoms with Crippen LogP contribution in [0.4, 0.5) is 0 Å². The maximum Gasteiger partial charge on any atom is 0.119 e. The van der Waals surface area contributed by atoms with Crippen molar-refractivity contribution in [2.45, 2.75) is 26.7 Å². The van der Waals surface area contributed by atoms with E-state index < -0.39 is 0 Å². The molecule has 1 aromatic carbocycles. The van der Waals surface area contributed by atoms with Gasteiger partial charge in [0, 0.05) is 9.89 Å². The summed E-state index contributed by atoms with van der Waals surface area (Å²) in [7, 11) is 0. The van der Waals surface area contributed by atoms with E-state index in [-0.39, 0.29) is 12.0 Å². The van der Waals surface area contributed by atoms with Crippen LogP contribution < -0.4 is 4.74 Å². The molecule has 2 nitrogen and oxygen atoms in total. The van der Waals surface area contributed by atoms with Gasteiger partial charge in [0.25, 0.3) is 0 Å². The smallest absolute Gasteiger partial charge is 0.119 e. The quantitative estimate of drug-likeness (QED) is 0.920. The van der Waals surface area contributed by atoms with E-state index in [0.29, 0.717) is 6.61 Å². The Hall–Kier alpha value is -0.540. The Labute approximate surface area is 105 Å². The summed E-state index contributed by atoms with van der Waals surface area (Å²) in [6.07, 6.45) is 2.16. The number of hydrogen-bond acceptors (Lipinski definition) is 2. The number of halogens is 1. The molecule has 1 fully saturated rings. The first kappa shape index (κ1) is 11.9. The number of aliphatic hydroxyl groups excluding tert-OH is 1. The Morgan fingerprint density at radius 2 is 1.88 bits per heavy atom. The number of ether oxygens (including phenoxy) is 1. The van der Waals surface area contributed by atoms with Crippen molar-refractivity contribution in [2.75, 3.05) is 13.2 Å². The summed E-state index contributed by atoms with van der Waals surface area (Å²) < 4.78 is 6.90. The molecule has 0 heterocycles. The molecule has 0 saturated heterocycles. The van der Waals surface area contributed by atoms with Gasteiger partial charge >= 0.3 is 0 Å². The highest BCUT2D eigenvalue weighted by molar-refractivity contribution is 9.10. The second kappa shape index (κ2) is 4.38. The molecule has 1 N–H and O–H groups in total. The molecule has 3 heteroatoms. The fraction of sp³-hybridized carbons (Fsp3) is 0.538. The summed E-state index contributed by atoms with van der Waals surface area (Å²) in [5.74, 6) is 0.901. The molecule has 1 aliphatic carbocycles. The minimum Gasteiger partial charge on any atom is -0.493 e. The van der Waals surface area contributed by atoms with Gasteiger partial charge in [0.1, 0.15) is 5.75 Å². The van der Waals surface area contributed by atoms with Crippen LogP contribution in [-0.4, -0.2) is 18.3 Å². The fourth-order valence-electron chi connectivity index (χ4n) is 1.75. The summed E-state index contributed by atoms with van der Waals surface area (Å²) in [4.78, 5) is 0. The molecule has 0 atom stereocenters. The zero-order valence-electron chi connectivity index (χ0n) is 9.72. The van der Waals surface area contributed by atoms with E-state index in [2.05, 4.69) is 29.8 Å². The molecule has 2 rings (SSSR count). The lowest BCUT2D eigenvalue weighted by Gasteiger charge is -2.15. The van der Waals surface area contributed by atoms with E-state index in [1.165, 1.54) is 11.1 Å². The fourth-order valence-corrected chi connectivity index (χ4v) is 1.98. The molecule has 16 heavy (non-hydrogen) atoms. The average Bonchev–Trinajstić information content (AvgIpc) is 3.03. The van der Waals surface area contributed by atoms with Crippen molar-refractivity contribution in [2.24, 2.45) is 5.41 Å². The van der Waals surface area contributed by atoms with Crippen molar-refractivity contribution < 1.29 is 9.84 Å². The Kier molecular flexibility index (Phi) is 3.27. The first-order valence-corrected chi connectivity index (χ1v) is 6.36. The largest absolute Gasteiger partial charge is 0.493 e. The second-order valence-electron chi connectivity index (χ2n) is 4.82. The lowest BCUT2D eigenvalue weighted by molar-refractivity contribution is 0.146. The standard InChI is InChI=1S/C13H17BrO2/c1-9-5-11(6-10(2)12(9)14)16-8-13(7-15)3-4-13/h5-6,15H,3-4,7-8H2,1-2H3. The third kappa shape index (κ3) is 2.41. The molecule has 1 saturated carbocycles. The van der Waals surface area contributed by atoms with Gasteiger partial charge in [-0.1, -0.05) is 15.9 Å². The molecule has 0 radical (unpaired) electrons. The van der Waals surface area contributed by atoms with E-state index in [0.717, 1.165) is 23.1 Å². The zero-order chi connectivity index (χ0) is 11.8. The Morgan fingerprint density at radius 3 is 2.31 bits per heavy atom. The third-order valence-corrected chi connectivity index (χ3v) is 4.50. The van der Waals surface area contributed by atoms with Gasteiger partial charge in [-0.2, -0.15) is 0 Å². The number of rotatable bonds is 4. The van der Waals surface area contributed by atoms with Gasteiger partial charge in [0.05, 0.1) is 13.2 Å². The molecule has 1 aliphatic rings. The maximum atomic E-state index is 9.20. The highest BCUT2D eigenvalue weighted by Crippen LogP contribution is 2.45. The van der Waals surface area contributed by atoms with Gasteiger partial charge in [-0.05, 0) is 49.9 Å². The van der Waals surface area contributed by atoms with Crippen LogP contribution in [0.25, 0.3) is 0 Å². The summed E-state index contributed by atoms with van der Waals surface area (Å²) in [6.45, 7) is 4.98. The van der Waals surface area contributed by atoms with E-state index in [4.69, 9.17) is 4.74 Å². The van der Waals surface area contributed by atoms with Crippen LogP contribution in [-0.2, 0) is 0 Å². The second-order valence-corrected chi connectivity index (χ2v) is 5.61. The van der Waals surface area contributed by atoms with Crippen LogP contribution in [0.5, 0.6) is 5.75 Å². The van der Waals surface area contributed by atoms with Crippen molar-refractivity contribution >= 4 is 15.9 Å². The van der Waals surface area contributed by atoms with Gasteiger partial charge in [0.2, 0.25) is 0 Å². The van der Waals surface area contributed by atoms with Crippen molar-refractivity contribution in [3.63, 3.8) is 0 Å². The van der Waals surface area contributed by atoms with Crippen molar-refractivity contribution in [3.8, 4) is 5.75 Å². The first-order valence-electron chi connectivity index (χ1n) is 5.57. The normalized spacial score (nSPS) is 17.2. The minimum absolute atomic E-state index is 0.0505.